The van der Waals surface area contributed by atoms with Gasteiger partial charge in [0.2, 0.25) is 0 Å². The minimum atomic E-state index is 0.116. The highest BCUT2D eigenvalue weighted by Gasteiger charge is 2.24. The van der Waals surface area contributed by atoms with Crippen LogP contribution in [0.3, 0.4) is 0 Å². The van der Waals surface area contributed by atoms with Crippen molar-refractivity contribution in [3.8, 4) is 11.5 Å². The summed E-state index contributed by atoms with van der Waals surface area (Å²) in [5.74, 6) is 2.72. The monoisotopic (exact) mass is 296 g/mol. The Kier molecular flexibility index (Phi) is 4.37. The number of benzene rings is 2. The van der Waals surface area contributed by atoms with Crippen LogP contribution in [0.5, 0.6) is 11.5 Å². The first kappa shape index (κ1) is 15.0. The Morgan fingerprint density at radius 1 is 0.955 bits per heavy atom. The van der Waals surface area contributed by atoms with Crippen LogP contribution < -0.4 is 9.47 Å². The van der Waals surface area contributed by atoms with E-state index in [1.165, 1.54) is 11.1 Å². The molecule has 2 heteroatoms. The lowest BCUT2D eigenvalue weighted by Crippen LogP contribution is -2.30. The summed E-state index contributed by atoms with van der Waals surface area (Å²) >= 11 is 0. The van der Waals surface area contributed by atoms with Gasteiger partial charge in [0.25, 0.3) is 0 Å². The van der Waals surface area contributed by atoms with Crippen molar-refractivity contribution in [1.29, 1.82) is 0 Å². The Hall–Kier alpha value is -1.96. The van der Waals surface area contributed by atoms with Crippen LogP contribution in [0.4, 0.5) is 0 Å². The van der Waals surface area contributed by atoms with Crippen LogP contribution in [-0.4, -0.2) is 12.7 Å². The molecule has 0 aromatic heterocycles. The minimum Gasteiger partial charge on any atom is -0.486 e. The number of hydrogen-bond acceptors (Lipinski definition) is 2. The van der Waals surface area contributed by atoms with Gasteiger partial charge in [0, 0.05) is 0 Å². The first-order chi connectivity index (χ1) is 10.6. The third-order valence-electron chi connectivity index (χ3n) is 4.34. The summed E-state index contributed by atoms with van der Waals surface area (Å²) in [6.07, 6.45) is 1.08. The zero-order valence-corrected chi connectivity index (χ0v) is 13.6. The molecule has 0 fully saturated rings. The van der Waals surface area contributed by atoms with Crippen LogP contribution >= 0.6 is 0 Å². The molecule has 0 saturated heterocycles. The molecule has 0 bridgehead atoms. The van der Waals surface area contributed by atoms with Crippen LogP contribution in [-0.2, 0) is 0 Å². The molecule has 0 spiro atoms. The molecule has 1 aliphatic rings. The van der Waals surface area contributed by atoms with E-state index in [0.29, 0.717) is 18.4 Å². The SMILES string of the molecule is CC(C)c1ccc2c(c1)OC(CC(C)c1ccccc1)CO2. The van der Waals surface area contributed by atoms with E-state index in [2.05, 4.69) is 63.2 Å². The summed E-state index contributed by atoms with van der Waals surface area (Å²) in [6, 6.07) is 16.9. The van der Waals surface area contributed by atoms with Crippen molar-refractivity contribution in [2.24, 2.45) is 0 Å². The van der Waals surface area contributed by atoms with Gasteiger partial charge in [0.05, 0.1) is 0 Å². The third-order valence-corrected chi connectivity index (χ3v) is 4.34. The van der Waals surface area contributed by atoms with Gasteiger partial charge in [-0.05, 0) is 41.5 Å². The van der Waals surface area contributed by atoms with Crippen LogP contribution in [0.15, 0.2) is 48.5 Å². The topological polar surface area (TPSA) is 18.5 Å². The molecule has 3 rings (SSSR count). The normalized spacial score (nSPS) is 18.3. The lowest BCUT2D eigenvalue weighted by molar-refractivity contribution is 0.0804. The number of ether oxygens (including phenoxy) is 2. The predicted octanol–water partition coefficient (Wildman–Crippen LogP) is 5.14. The summed E-state index contributed by atoms with van der Waals surface area (Å²) in [4.78, 5) is 0. The molecule has 2 nitrogen and oxygen atoms in total. The first-order valence-electron chi connectivity index (χ1n) is 8.12. The highest BCUT2D eigenvalue weighted by molar-refractivity contribution is 5.45. The fourth-order valence-electron chi connectivity index (χ4n) is 2.92. The molecule has 2 aromatic rings. The van der Waals surface area contributed by atoms with E-state index in [0.717, 1.165) is 17.9 Å². The van der Waals surface area contributed by atoms with Gasteiger partial charge < -0.3 is 9.47 Å². The Bertz CT molecular complexity index is 619. The maximum absolute atomic E-state index is 6.19. The fourth-order valence-corrected chi connectivity index (χ4v) is 2.92. The molecular formula is C20H24O2. The Labute approximate surface area is 133 Å². The van der Waals surface area contributed by atoms with Crippen molar-refractivity contribution in [2.75, 3.05) is 6.61 Å². The van der Waals surface area contributed by atoms with E-state index < -0.39 is 0 Å². The van der Waals surface area contributed by atoms with Crippen LogP contribution in [0.1, 0.15) is 50.2 Å². The van der Waals surface area contributed by atoms with Crippen molar-refractivity contribution < 1.29 is 9.47 Å². The van der Waals surface area contributed by atoms with E-state index in [4.69, 9.17) is 9.47 Å². The number of rotatable bonds is 4. The Morgan fingerprint density at radius 2 is 1.73 bits per heavy atom. The molecule has 0 amide bonds. The fraction of sp³-hybridized carbons (Fsp3) is 0.400. The molecule has 0 aliphatic carbocycles. The summed E-state index contributed by atoms with van der Waals surface area (Å²) in [6.45, 7) is 7.27. The predicted molar refractivity (Wildman–Crippen MR) is 89.9 cm³/mol. The summed E-state index contributed by atoms with van der Waals surface area (Å²) in [7, 11) is 0. The average Bonchev–Trinajstić information content (AvgIpc) is 2.55. The zero-order valence-electron chi connectivity index (χ0n) is 13.6. The standard InChI is InChI=1S/C20H24O2/c1-14(2)17-9-10-19-20(12-17)22-18(13-21-19)11-15(3)16-7-5-4-6-8-16/h4-10,12,14-15,18H,11,13H2,1-3H3. The molecule has 116 valence electrons. The van der Waals surface area contributed by atoms with Crippen molar-refractivity contribution in [3.05, 3.63) is 59.7 Å². The molecule has 0 N–H and O–H groups in total. The third kappa shape index (κ3) is 3.27. The largest absolute Gasteiger partial charge is 0.486 e. The minimum absolute atomic E-state index is 0.116. The molecule has 2 atom stereocenters. The summed E-state index contributed by atoms with van der Waals surface area (Å²) in [5, 5.41) is 0. The van der Waals surface area contributed by atoms with E-state index in [1.54, 1.807) is 0 Å². The van der Waals surface area contributed by atoms with Crippen LogP contribution in [0.25, 0.3) is 0 Å². The summed E-state index contributed by atoms with van der Waals surface area (Å²) in [5.41, 5.74) is 2.65. The van der Waals surface area contributed by atoms with Gasteiger partial charge >= 0.3 is 0 Å². The Morgan fingerprint density at radius 3 is 2.45 bits per heavy atom. The zero-order chi connectivity index (χ0) is 15.5. The molecule has 2 unspecified atom stereocenters. The van der Waals surface area contributed by atoms with Gasteiger partial charge in [0.1, 0.15) is 12.7 Å². The number of hydrogen-bond donors (Lipinski definition) is 0. The molecule has 1 heterocycles. The maximum atomic E-state index is 6.19. The van der Waals surface area contributed by atoms with Gasteiger partial charge in [-0.2, -0.15) is 0 Å². The quantitative estimate of drug-likeness (QED) is 0.777. The first-order valence-corrected chi connectivity index (χ1v) is 8.12. The van der Waals surface area contributed by atoms with Gasteiger partial charge in [-0.1, -0.05) is 57.2 Å². The van der Waals surface area contributed by atoms with Crippen molar-refractivity contribution in [3.63, 3.8) is 0 Å². The van der Waals surface area contributed by atoms with E-state index in [1.807, 2.05) is 6.07 Å². The van der Waals surface area contributed by atoms with Gasteiger partial charge in [-0.3, -0.25) is 0 Å². The summed E-state index contributed by atoms with van der Waals surface area (Å²) < 4.78 is 12.1. The highest BCUT2D eigenvalue weighted by atomic mass is 16.6. The van der Waals surface area contributed by atoms with Crippen molar-refractivity contribution in [2.45, 2.75) is 45.1 Å². The Balaban J connectivity index is 1.70. The van der Waals surface area contributed by atoms with E-state index in [-0.39, 0.29) is 6.10 Å². The number of fused-ring (bicyclic) bond motifs is 1. The highest BCUT2D eigenvalue weighted by Crippen LogP contribution is 2.36. The molecular weight excluding hydrogens is 272 g/mol. The second-order valence-electron chi connectivity index (χ2n) is 6.46. The molecule has 2 aromatic carbocycles. The van der Waals surface area contributed by atoms with Gasteiger partial charge in [-0.25, -0.2) is 0 Å². The van der Waals surface area contributed by atoms with Crippen LogP contribution in [0.2, 0.25) is 0 Å². The molecule has 1 aliphatic heterocycles. The lowest BCUT2D eigenvalue weighted by atomic mass is 9.95. The molecule has 0 radical (unpaired) electrons. The smallest absolute Gasteiger partial charge is 0.162 e. The molecule has 22 heavy (non-hydrogen) atoms. The van der Waals surface area contributed by atoms with Crippen LogP contribution in [0, 0.1) is 0 Å². The van der Waals surface area contributed by atoms with Crippen molar-refractivity contribution >= 4 is 0 Å². The molecule has 0 saturated carbocycles. The van der Waals surface area contributed by atoms with Gasteiger partial charge in [0.15, 0.2) is 11.5 Å². The van der Waals surface area contributed by atoms with Crippen molar-refractivity contribution in [1.82, 2.24) is 0 Å². The second kappa shape index (κ2) is 6.43. The van der Waals surface area contributed by atoms with Gasteiger partial charge in [-0.15, -0.1) is 0 Å². The van der Waals surface area contributed by atoms with E-state index >= 15 is 0 Å². The maximum Gasteiger partial charge on any atom is 0.162 e. The van der Waals surface area contributed by atoms with E-state index in [9.17, 15) is 0 Å². The lowest BCUT2D eigenvalue weighted by Gasteiger charge is -2.29. The second-order valence-corrected chi connectivity index (χ2v) is 6.46. The average molecular weight is 296 g/mol.